The summed E-state index contributed by atoms with van der Waals surface area (Å²) >= 11 is 6.39. The summed E-state index contributed by atoms with van der Waals surface area (Å²) in [6.07, 6.45) is 3.26. The Bertz CT molecular complexity index is 1150. The Morgan fingerprint density at radius 3 is 2.55 bits per heavy atom. The topological polar surface area (TPSA) is 50.1 Å². The van der Waals surface area contributed by atoms with Gasteiger partial charge >= 0.3 is 0 Å². The Kier molecular flexibility index (Phi) is 6.99. The number of halogens is 1. The van der Waals surface area contributed by atoms with E-state index >= 15 is 0 Å². The number of nitrogens with one attached hydrogen (secondary N) is 2. The van der Waals surface area contributed by atoms with E-state index in [1.54, 1.807) is 0 Å². The van der Waals surface area contributed by atoms with Gasteiger partial charge in [-0.15, -0.1) is 0 Å². The number of hydrogen-bond donors (Lipinski definition) is 3. The minimum Gasteiger partial charge on any atom is -0.397 e. The number of fused-ring (bicyclic) bond motifs is 1. The van der Waals surface area contributed by atoms with Crippen LogP contribution < -0.4 is 16.4 Å². The summed E-state index contributed by atoms with van der Waals surface area (Å²) in [5.41, 5.74) is 15.3. The van der Waals surface area contributed by atoms with Gasteiger partial charge in [0.15, 0.2) is 0 Å². The molecule has 0 spiro atoms. The SMILES string of the molecule is C=C(NC1CCc2ccccc21)c1ccc(Nc2ccccc2Cl)c(N)c1C(C)C(C)CC. The Balaban J connectivity index is 1.69. The molecule has 3 atom stereocenters. The molecule has 0 bridgehead atoms. The third kappa shape index (κ3) is 4.74. The van der Waals surface area contributed by atoms with Crippen LogP contribution in [0.4, 0.5) is 17.1 Å². The maximum Gasteiger partial charge on any atom is 0.0640 e. The quantitative estimate of drug-likeness (QED) is 0.298. The van der Waals surface area contributed by atoms with Crippen molar-refractivity contribution in [3.63, 3.8) is 0 Å². The molecule has 3 unspecified atom stereocenters. The summed E-state index contributed by atoms with van der Waals surface area (Å²) in [4.78, 5) is 0. The Morgan fingerprint density at radius 2 is 1.79 bits per heavy atom. The summed E-state index contributed by atoms with van der Waals surface area (Å²) in [7, 11) is 0. The van der Waals surface area contributed by atoms with Gasteiger partial charge in [0.1, 0.15) is 0 Å². The molecule has 3 aromatic rings. The largest absolute Gasteiger partial charge is 0.397 e. The Labute approximate surface area is 203 Å². The molecular weight excluding hydrogens is 426 g/mol. The molecule has 0 aromatic heterocycles. The Hall–Kier alpha value is -2.91. The zero-order valence-electron chi connectivity index (χ0n) is 19.8. The van der Waals surface area contributed by atoms with Crippen LogP contribution in [-0.4, -0.2) is 0 Å². The number of rotatable bonds is 8. The first-order valence-electron chi connectivity index (χ1n) is 11.9. The predicted octanol–water partition coefficient (Wildman–Crippen LogP) is 8.06. The van der Waals surface area contributed by atoms with Crippen molar-refractivity contribution in [2.24, 2.45) is 5.92 Å². The third-order valence-electron chi connectivity index (χ3n) is 7.19. The van der Waals surface area contributed by atoms with Crippen molar-refractivity contribution in [2.75, 3.05) is 11.1 Å². The van der Waals surface area contributed by atoms with Crippen LogP contribution in [0.1, 0.15) is 67.8 Å². The lowest BCUT2D eigenvalue weighted by Gasteiger charge is -2.28. The van der Waals surface area contributed by atoms with Crippen LogP contribution in [0.2, 0.25) is 5.02 Å². The summed E-state index contributed by atoms with van der Waals surface area (Å²) in [6, 6.07) is 20.9. The molecule has 0 aliphatic heterocycles. The number of aryl methyl sites for hydroxylation is 1. The molecule has 0 amide bonds. The second kappa shape index (κ2) is 9.93. The first kappa shape index (κ1) is 23.3. The number of nitrogen functional groups attached to an aromatic ring is 1. The first-order valence-corrected chi connectivity index (χ1v) is 12.3. The van der Waals surface area contributed by atoms with Gasteiger partial charge in [0, 0.05) is 11.3 Å². The summed E-state index contributed by atoms with van der Waals surface area (Å²) < 4.78 is 0. The number of para-hydroxylation sites is 1. The van der Waals surface area contributed by atoms with Crippen LogP contribution in [0, 0.1) is 5.92 Å². The van der Waals surface area contributed by atoms with Crippen molar-refractivity contribution in [1.82, 2.24) is 5.32 Å². The molecule has 4 heteroatoms. The van der Waals surface area contributed by atoms with E-state index in [4.69, 9.17) is 17.3 Å². The van der Waals surface area contributed by atoms with Gasteiger partial charge in [-0.3, -0.25) is 0 Å². The van der Waals surface area contributed by atoms with Crippen LogP contribution in [0.3, 0.4) is 0 Å². The summed E-state index contributed by atoms with van der Waals surface area (Å²) in [5.74, 6) is 0.772. The monoisotopic (exact) mass is 459 g/mol. The lowest BCUT2D eigenvalue weighted by Crippen LogP contribution is -2.20. The molecule has 1 aliphatic rings. The van der Waals surface area contributed by atoms with Crippen LogP contribution >= 0.6 is 11.6 Å². The average molecular weight is 460 g/mol. The second-order valence-corrected chi connectivity index (χ2v) is 9.59. The molecule has 0 heterocycles. The lowest BCUT2D eigenvalue weighted by molar-refractivity contribution is 0.473. The average Bonchev–Trinajstić information content (AvgIpc) is 3.23. The van der Waals surface area contributed by atoms with Gasteiger partial charge in [-0.25, -0.2) is 0 Å². The van der Waals surface area contributed by atoms with Gasteiger partial charge in [-0.1, -0.05) is 87.8 Å². The third-order valence-corrected chi connectivity index (χ3v) is 7.52. The van der Waals surface area contributed by atoms with Crippen LogP contribution in [-0.2, 0) is 6.42 Å². The van der Waals surface area contributed by atoms with Gasteiger partial charge < -0.3 is 16.4 Å². The van der Waals surface area contributed by atoms with E-state index in [9.17, 15) is 0 Å². The maximum atomic E-state index is 6.82. The predicted molar refractivity (Wildman–Crippen MR) is 143 cm³/mol. The van der Waals surface area contributed by atoms with Gasteiger partial charge in [0.25, 0.3) is 0 Å². The van der Waals surface area contributed by atoms with Crippen LogP contribution in [0.15, 0.2) is 67.2 Å². The van der Waals surface area contributed by atoms with Crippen molar-refractivity contribution in [2.45, 2.75) is 52.0 Å². The van der Waals surface area contributed by atoms with E-state index in [0.29, 0.717) is 10.9 Å². The fraction of sp³-hybridized carbons (Fsp3) is 0.310. The molecular formula is C29H34ClN3. The molecule has 4 N–H and O–H groups in total. The normalized spacial score (nSPS) is 16.7. The maximum absolute atomic E-state index is 6.82. The molecule has 1 aliphatic carbocycles. The smallest absolute Gasteiger partial charge is 0.0640 e. The zero-order chi connectivity index (χ0) is 23.5. The molecule has 4 rings (SSSR count). The van der Waals surface area contributed by atoms with Gasteiger partial charge in [0.2, 0.25) is 0 Å². The van der Waals surface area contributed by atoms with Crippen molar-refractivity contribution in [3.05, 3.63) is 94.5 Å². The van der Waals surface area contributed by atoms with E-state index < -0.39 is 0 Å². The Morgan fingerprint density at radius 1 is 1.06 bits per heavy atom. The van der Waals surface area contributed by atoms with E-state index in [1.807, 2.05) is 30.3 Å². The number of benzene rings is 3. The lowest BCUT2D eigenvalue weighted by atomic mass is 9.82. The van der Waals surface area contributed by atoms with Crippen molar-refractivity contribution in [3.8, 4) is 0 Å². The van der Waals surface area contributed by atoms with E-state index in [-0.39, 0.29) is 12.0 Å². The molecule has 0 fully saturated rings. The molecule has 3 aromatic carbocycles. The fourth-order valence-electron chi connectivity index (χ4n) is 4.84. The molecule has 0 radical (unpaired) electrons. The second-order valence-electron chi connectivity index (χ2n) is 9.18. The molecule has 0 saturated carbocycles. The highest BCUT2D eigenvalue weighted by molar-refractivity contribution is 6.33. The van der Waals surface area contributed by atoms with Crippen molar-refractivity contribution >= 4 is 34.4 Å². The molecule has 33 heavy (non-hydrogen) atoms. The number of nitrogens with two attached hydrogens (primary N) is 1. The summed E-state index contributed by atoms with van der Waals surface area (Å²) in [5, 5.41) is 7.83. The fourth-order valence-corrected chi connectivity index (χ4v) is 5.02. The number of anilines is 3. The van der Waals surface area contributed by atoms with E-state index in [2.05, 4.69) is 68.3 Å². The molecule has 3 nitrogen and oxygen atoms in total. The standard InChI is InChI=1S/C29H34ClN3/c1-5-18(2)19(3)28-22(20(4)32-25-16-14-21-10-6-7-11-23(21)25)15-17-27(29(28)31)33-26-13-9-8-12-24(26)30/h6-13,15,17-19,25,32-33H,4-5,14,16,31H2,1-3H3. The van der Waals surface area contributed by atoms with E-state index in [1.165, 1.54) is 11.1 Å². The van der Waals surface area contributed by atoms with E-state index in [0.717, 1.165) is 53.1 Å². The molecule has 0 saturated heterocycles. The zero-order valence-corrected chi connectivity index (χ0v) is 20.5. The highest BCUT2D eigenvalue weighted by Crippen LogP contribution is 2.41. The van der Waals surface area contributed by atoms with Crippen molar-refractivity contribution < 1.29 is 0 Å². The summed E-state index contributed by atoms with van der Waals surface area (Å²) in [6.45, 7) is 11.2. The minimum atomic E-state index is 0.280. The number of hydrogen-bond acceptors (Lipinski definition) is 3. The van der Waals surface area contributed by atoms with Gasteiger partial charge in [0.05, 0.1) is 28.1 Å². The highest BCUT2D eigenvalue weighted by atomic mass is 35.5. The highest BCUT2D eigenvalue weighted by Gasteiger charge is 2.26. The van der Waals surface area contributed by atoms with Crippen LogP contribution in [0.5, 0.6) is 0 Å². The van der Waals surface area contributed by atoms with Gasteiger partial charge in [-0.2, -0.15) is 0 Å². The minimum absolute atomic E-state index is 0.280. The van der Waals surface area contributed by atoms with Crippen LogP contribution in [0.25, 0.3) is 5.70 Å². The molecule has 172 valence electrons. The first-order chi connectivity index (χ1) is 15.9. The van der Waals surface area contributed by atoms with Gasteiger partial charge in [-0.05, 0) is 59.6 Å². The van der Waals surface area contributed by atoms with Crippen molar-refractivity contribution in [1.29, 1.82) is 0 Å².